The van der Waals surface area contributed by atoms with Crippen molar-refractivity contribution < 1.29 is 4.39 Å². The molecule has 0 aliphatic carbocycles. The van der Waals surface area contributed by atoms with Crippen LogP contribution in [0, 0.1) is 5.82 Å². The second-order valence-electron chi connectivity index (χ2n) is 4.12. The van der Waals surface area contributed by atoms with Crippen LogP contribution in [0.4, 0.5) is 4.39 Å². The van der Waals surface area contributed by atoms with Crippen molar-refractivity contribution in [1.29, 1.82) is 0 Å². The monoisotopic (exact) mass is 233 g/mol. The molecule has 2 aromatic rings. The van der Waals surface area contributed by atoms with Crippen molar-refractivity contribution in [2.24, 2.45) is 0 Å². The number of fused-ring (bicyclic) bond motifs is 1. The number of aromatic nitrogens is 2. The summed E-state index contributed by atoms with van der Waals surface area (Å²) < 4.78 is 14.5. The van der Waals surface area contributed by atoms with Gasteiger partial charge in [-0.05, 0) is 18.2 Å². The standard InChI is InChI=1S/C12H12FN3O/c13-8-2-1-3-9(6-8)16-12(17)10-7-14-5-4-11(10)15-16/h1-3,6,14-15H,4-5,7H2. The zero-order valence-electron chi connectivity index (χ0n) is 9.16. The molecule has 3 rings (SSSR count). The maximum atomic E-state index is 13.1. The number of nitrogens with one attached hydrogen (secondary N) is 2. The highest BCUT2D eigenvalue weighted by Crippen LogP contribution is 2.11. The first kappa shape index (κ1) is 10.3. The molecule has 0 unspecified atom stereocenters. The second-order valence-corrected chi connectivity index (χ2v) is 4.12. The number of rotatable bonds is 1. The molecule has 0 atom stereocenters. The summed E-state index contributed by atoms with van der Waals surface area (Å²) in [6, 6.07) is 6.00. The molecule has 0 amide bonds. The van der Waals surface area contributed by atoms with Crippen molar-refractivity contribution >= 4 is 0 Å². The van der Waals surface area contributed by atoms with Gasteiger partial charge in [-0.1, -0.05) is 6.07 Å². The molecule has 88 valence electrons. The molecule has 2 heterocycles. The van der Waals surface area contributed by atoms with Gasteiger partial charge in [-0.3, -0.25) is 9.89 Å². The van der Waals surface area contributed by atoms with Crippen molar-refractivity contribution in [2.45, 2.75) is 13.0 Å². The van der Waals surface area contributed by atoms with Gasteiger partial charge in [0, 0.05) is 25.2 Å². The van der Waals surface area contributed by atoms with E-state index in [1.165, 1.54) is 16.8 Å². The molecule has 0 bridgehead atoms. The Hall–Kier alpha value is -1.88. The largest absolute Gasteiger partial charge is 0.312 e. The van der Waals surface area contributed by atoms with Gasteiger partial charge < -0.3 is 5.32 Å². The highest BCUT2D eigenvalue weighted by atomic mass is 19.1. The first-order chi connectivity index (χ1) is 8.25. The first-order valence-corrected chi connectivity index (χ1v) is 5.55. The zero-order chi connectivity index (χ0) is 11.8. The van der Waals surface area contributed by atoms with Crippen molar-refractivity contribution in [3.8, 4) is 5.69 Å². The van der Waals surface area contributed by atoms with E-state index in [0.29, 0.717) is 12.2 Å². The molecule has 1 aliphatic heterocycles. The molecule has 0 spiro atoms. The summed E-state index contributed by atoms with van der Waals surface area (Å²) >= 11 is 0. The Morgan fingerprint density at radius 1 is 1.35 bits per heavy atom. The van der Waals surface area contributed by atoms with Gasteiger partial charge in [-0.2, -0.15) is 0 Å². The van der Waals surface area contributed by atoms with Crippen molar-refractivity contribution in [3.05, 3.63) is 51.7 Å². The van der Waals surface area contributed by atoms with E-state index in [-0.39, 0.29) is 11.4 Å². The SMILES string of the molecule is O=c1c2c([nH]n1-c1cccc(F)c1)CCNC2. The molecule has 0 radical (unpaired) electrons. The van der Waals surface area contributed by atoms with E-state index in [2.05, 4.69) is 10.4 Å². The van der Waals surface area contributed by atoms with Crippen molar-refractivity contribution in [2.75, 3.05) is 6.54 Å². The second kappa shape index (κ2) is 3.85. The fraction of sp³-hybridized carbons (Fsp3) is 0.250. The Balaban J connectivity index is 2.16. The fourth-order valence-corrected chi connectivity index (χ4v) is 2.13. The molecule has 0 saturated heterocycles. The summed E-state index contributed by atoms with van der Waals surface area (Å²) in [7, 11) is 0. The molecular formula is C12H12FN3O. The minimum Gasteiger partial charge on any atom is -0.312 e. The van der Waals surface area contributed by atoms with Crippen LogP contribution in [0.25, 0.3) is 5.69 Å². The van der Waals surface area contributed by atoms with E-state index in [4.69, 9.17) is 0 Å². The van der Waals surface area contributed by atoms with Gasteiger partial charge in [0.2, 0.25) is 0 Å². The van der Waals surface area contributed by atoms with Gasteiger partial charge in [0.15, 0.2) is 0 Å². The molecule has 17 heavy (non-hydrogen) atoms. The number of halogens is 1. The summed E-state index contributed by atoms with van der Waals surface area (Å²) in [5.41, 5.74) is 2.13. The van der Waals surface area contributed by atoms with Crippen LogP contribution in [0.3, 0.4) is 0 Å². The number of hydrogen-bond acceptors (Lipinski definition) is 2. The lowest BCUT2D eigenvalue weighted by Crippen LogP contribution is -2.27. The van der Waals surface area contributed by atoms with E-state index in [9.17, 15) is 9.18 Å². The Kier molecular flexibility index (Phi) is 2.33. The quantitative estimate of drug-likeness (QED) is 0.770. The molecule has 4 nitrogen and oxygen atoms in total. The van der Waals surface area contributed by atoms with E-state index in [0.717, 1.165) is 24.2 Å². The van der Waals surface area contributed by atoms with Gasteiger partial charge in [-0.15, -0.1) is 0 Å². The summed E-state index contributed by atoms with van der Waals surface area (Å²) in [6.45, 7) is 1.43. The molecule has 0 saturated carbocycles. The minimum atomic E-state index is -0.347. The van der Waals surface area contributed by atoms with Crippen molar-refractivity contribution in [3.63, 3.8) is 0 Å². The predicted molar refractivity (Wildman–Crippen MR) is 61.8 cm³/mol. The van der Waals surface area contributed by atoms with E-state index >= 15 is 0 Å². The zero-order valence-corrected chi connectivity index (χ0v) is 9.16. The van der Waals surface area contributed by atoms with Gasteiger partial charge in [0.25, 0.3) is 5.56 Å². The molecule has 1 aliphatic rings. The summed E-state index contributed by atoms with van der Waals surface area (Å²) in [4.78, 5) is 12.1. The Morgan fingerprint density at radius 2 is 2.24 bits per heavy atom. The van der Waals surface area contributed by atoms with Crippen LogP contribution in [0.2, 0.25) is 0 Å². The van der Waals surface area contributed by atoms with E-state index in [1.807, 2.05) is 0 Å². The third-order valence-corrected chi connectivity index (χ3v) is 2.99. The van der Waals surface area contributed by atoms with Crippen LogP contribution in [0.1, 0.15) is 11.3 Å². The van der Waals surface area contributed by atoms with E-state index < -0.39 is 0 Å². The molecule has 0 fully saturated rings. The molecular weight excluding hydrogens is 221 g/mol. The van der Waals surface area contributed by atoms with E-state index in [1.54, 1.807) is 12.1 Å². The number of benzene rings is 1. The maximum Gasteiger partial charge on any atom is 0.275 e. The van der Waals surface area contributed by atoms with Crippen LogP contribution in [0.15, 0.2) is 29.1 Å². The third-order valence-electron chi connectivity index (χ3n) is 2.99. The summed E-state index contributed by atoms with van der Waals surface area (Å²) in [6.07, 6.45) is 0.799. The van der Waals surface area contributed by atoms with Crippen LogP contribution >= 0.6 is 0 Å². The highest BCUT2D eigenvalue weighted by Gasteiger charge is 2.17. The molecule has 2 N–H and O–H groups in total. The molecule has 1 aromatic carbocycles. The number of H-pyrrole nitrogens is 1. The minimum absolute atomic E-state index is 0.0993. The lowest BCUT2D eigenvalue weighted by atomic mass is 10.1. The topological polar surface area (TPSA) is 49.8 Å². The smallest absolute Gasteiger partial charge is 0.275 e. The average Bonchev–Trinajstić information content (AvgIpc) is 2.68. The van der Waals surface area contributed by atoms with Gasteiger partial charge in [0.05, 0.1) is 11.3 Å². The number of nitrogens with zero attached hydrogens (tertiary/aromatic N) is 1. The third kappa shape index (κ3) is 1.68. The molecule has 5 heteroatoms. The maximum absolute atomic E-state index is 13.1. The highest BCUT2D eigenvalue weighted by molar-refractivity contribution is 5.34. The number of hydrogen-bond donors (Lipinski definition) is 2. The number of aromatic amines is 1. The first-order valence-electron chi connectivity index (χ1n) is 5.55. The average molecular weight is 233 g/mol. The normalized spacial score (nSPS) is 14.6. The Labute approximate surface area is 97.1 Å². The fourth-order valence-electron chi connectivity index (χ4n) is 2.13. The van der Waals surface area contributed by atoms with Crippen LogP contribution in [0.5, 0.6) is 0 Å². The van der Waals surface area contributed by atoms with Crippen LogP contribution in [-0.2, 0) is 13.0 Å². The lowest BCUT2D eigenvalue weighted by Gasteiger charge is -2.09. The van der Waals surface area contributed by atoms with Crippen molar-refractivity contribution in [1.82, 2.24) is 15.1 Å². The van der Waals surface area contributed by atoms with Crippen LogP contribution in [-0.4, -0.2) is 16.3 Å². The predicted octanol–water partition coefficient (Wildman–Crippen LogP) is 0.950. The summed E-state index contributed by atoms with van der Waals surface area (Å²) in [5.74, 6) is -0.347. The Morgan fingerprint density at radius 3 is 3.00 bits per heavy atom. The van der Waals surface area contributed by atoms with Crippen LogP contribution < -0.4 is 10.9 Å². The summed E-state index contributed by atoms with van der Waals surface area (Å²) in [5, 5.41) is 6.19. The van der Waals surface area contributed by atoms with Gasteiger partial charge >= 0.3 is 0 Å². The lowest BCUT2D eigenvalue weighted by molar-refractivity contribution is 0.624. The Bertz CT molecular complexity index is 614. The van der Waals surface area contributed by atoms with Gasteiger partial charge in [0.1, 0.15) is 5.82 Å². The molecule has 1 aromatic heterocycles. The van der Waals surface area contributed by atoms with Gasteiger partial charge in [-0.25, -0.2) is 9.07 Å².